The second-order valence-electron chi connectivity index (χ2n) is 6.30. The Morgan fingerprint density at radius 3 is 1.47 bits per heavy atom. The highest BCUT2D eigenvalue weighted by Gasteiger charge is 2.49. The van der Waals surface area contributed by atoms with E-state index in [4.69, 9.17) is 0 Å². The summed E-state index contributed by atoms with van der Waals surface area (Å²) in [6.45, 7) is 2.45. The fraction of sp³-hybridized carbons (Fsp3) is 1.00. The molecule has 0 radical (unpaired) electrons. The highest BCUT2D eigenvalue weighted by molar-refractivity contribution is 4.99. The summed E-state index contributed by atoms with van der Waals surface area (Å²) >= 11 is 0. The van der Waals surface area contributed by atoms with Crippen LogP contribution in [0.4, 0.5) is 0 Å². The van der Waals surface area contributed by atoms with Gasteiger partial charge in [0.25, 0.3) is 0 Å². The Hall–Kier alpha value is 0. The lowest BCUT2D eigenvalue weighted by Crippen LogP contribution is -2.22. The van der Waals surface area contributed by atoms with Crippen LogP contribution in [0.1, 0.15) is 64.7 Å². The summed E-state index contributed by atoms with van der Waals surface area (Å²) in [5, 5.41) is 0. The minimum atomic E-state index is 1.13. The van der Waals surface area contributed by atoms with E-state index in [0.717, 1.165) is 29.6 Å². The van der Waals surface area contributed by atoms with E-state index in [1.54, 1.807) is 38.5 Å². The highest BCUT2D eigenvalue weighted by Crippen LogP contribution is 2.57. The maximum Gasteiger partial charge on any atom is -0.0352 e. The van der Waals surface area contributed by atoms with Crippen LogP contribution in [0.5, 0.6) is 0 Å². The molecule has 0 amide bonds. The van der Waals surface area contributed by atoms with E-state index in [1.807, 2.05) is 0 Å². The number of hydrogen-bond acceptors (Lipinski definition) is 0. The molecule has 0 aromatic heterocycles. The van der Waals surface area contributed by atoms with Gasteiger partial charge >= 0.3 is 0 Å². The van der Waals surface area contributed by atoms with Gasteiger partial charge < -0.3 is 0 Å². The standard InChI is InChI=1S/C15H26/c1-2-11-12-7-3-5-9-14(12)15-10-6-4-8-13(11)15/h11-15H,2-10H2,1H3. The van der Waals surface area contributed by atoms with Crippen molar-refractivity contribution in [3.63, 3.8) is 0 Å². The summed E-state index contributed by atoms with van der Waals surface area (Å²) in [4.78, 5) is 0. The minimum absolute atomic E-state index is 1.13. The van der Waals surface area contributed by atoms with Crippen molar-refractivity contribution in [2.24, 2.45) is 29.6 Å². The molecule has 15 heavy (non-hydrogen) atoms. The van der Waals surface area contributed by atoms with Gasteiger partial charge in [0.2, 0.25) is 0 Å². The van der Waals surface area contributed by atoms with Gasteiger partial charge in [-0.3, -0.25) is 0 Å². The molecule has 0 aromatic carbocycles. The van der Waals surface area contributed by atoms with Crippen LogP contribution in [0.15, 0.2) is 0 Å². The van der Waals surface area contributed by atoms with E-state index in [2.05, 4.69) is 6.92 Å². The van der Waals surface area contributed by atoms with Crippen LogP contribution in [-0.4, -0.2) is 0 Å². The average molecular weight is 206 g/mol. The molecular formula is C15H26. The van der Waals surface area contributed by atoms with Gasteiger partial charge in [0, 0.05) is 0 Å². The molecule has 0 N–H and O–H groups in total. The van der Waals surface area contributed by atoms with E-state index < -0.39 is 0 Å². The lowest BCUT2D eigenvalue weighted by molar-refractivity contribution is 0.184. The summed E-state index contributed by atoms with van der Waals surface area (Å²) in [5.41, 5.74) is 0. The Balaban J connectivity index is 1.83. The summed E-state index contributed by atoms with van der Waals surface area (Å²) in [6, 6.07) is 0. The molecule has 3 saturated carbocycles. The maximum absolute atomic E-state index is 2.45. The lowest BCUT2D eigenvalue weighted by atomic mass is 9.73. The van der Waals surface area contributed by atoms with Crippen molar-refractivity contribution in [2.75, 3.05) is 0 Å². The first-order chi connectivity index (χ1) is 7.42. The normalized spacial score (nSPS) is 49.8. The third-order valence-electron chi connectivity index (χ3n) is 5.87. The highest BCUT2D eigenvalue weighted by atomic mass is 14.5. The Labute approximate surface area is 94.8 Å². The molecule has 0 aromatic rings. The van der Waals surface area contributed by atoms with Crippen molar-refractivity contribution < 1.29 is 0 Å². The molecule has 0 aliphatic heterocycles. The average Bonchev–Trinajstić information content (AvgIpc) is 2.63. The zero-order valence-corrected chi connectivity index (χ0v) is 10.3. The van der Waals surface area contributed by atoms with Crippen LogP contribution in [0, 0.1) is 29.6 Å². The topological polar surface area (TPSA) is 0 Å². The number of fused-ring (bicyclic) bond motifs is 3. The zero-order chi connectivity index (χ0) is 10.3. The molecular weight excluding hydrogens is 180 g/mol. The molecule has 0 heteroatoms. The molecule has 86 valence electrons. The van der Waals surface area contributed by atoms with Crippen LogP contribution in [0.25, 0.3) is 0 Å². The van der Waals surface area contributed by atoms with Gasteiger partial charge in [0.05, 0.1) is 0 Å². The van der Waals surface area contributed by atoms with Crippen molar-refractivity contribution in [3.8, 4) is 0 Å². The molecule has 0 spiro atoms. The molecule has 3 aliphatic rings. The first-order valence-electron chi connectivity index (χ1n) is 7.42. The Morgan fingerprint density at radius 2 is 1.07 bits per heavy atom. The van der Waals surface area contributed by atoms with Gasteiger partial charge in [0.1, 0.15) is 0 Å². The molecule has 0 bridgehead atoms. The first-order valence-corrected chi connectivity index (χ1v) is 7.42. The zero-order valence-electron chi connectivity index (χ0n) is 10.3. The van der Waals surface area contributed by atoms with Crippen LogP contribution < -0.4 is 0 Å². The maximum atomic E-state index is 2.45. The van der Waals surface area contributed by atoms with Crippen molar-refractivity contribution in [1.29, 1.82) is 0 Å². The Kier molecular flexibility index (Phi) is 2.79. The largest absolute Gasteiger partial charge is 0.0651 e. The van der Waals surface area contributed by atoms with Gasteiger partial charge in [-0.1, -0.05) is 39.0 Å². The summed E-state index contributed by atoms with van der Waals surface area (Å²) in [5.74, 6) is 5.75. The van der Waals surface area contributed by atoms with Crippen LogP contribution >= 0.6 is 0 Å². The molecule has 0 heterocycles. The molecule has 0 nitrogen and oxygen atoms in total. The Bertz CT molecular complexity index is 166. The SMILES string of the molecule is CCC1C2CCCCC2C2CCCCC12. The predicted octanol–water partition coefficient (Wildman–Crippen LogP) is 4.64. The second kappa shape index (κ2) is 4.11. The molecule has 4 unspecified atom stereocenters. The molecule has 3 rings (SSSR count). The fourth-order valence-corrected chi connectivity index (χ4v) is 5.43. The summed E-state index contributed by atoms with van der Waals surface area (Å²) < 4.78 is 0. The van der Waals surface area contributed by atoms with Crippen molar-refractivity contribution in [2.45, 2.75) is 64.7 Å². The Morgan fingerprint density at radius 1 is 0.667 bits per heavy atom. The van der Waals surface area contributed by atoms with E-state index >= 15 is 0 Å². The van der Waals surface area contributed by atoms with E-state index in [-0.39, 0.29) is 0 Å². The smallest absolute Gasteiger partial charge is 0.0352 e. The summed E-state index contributed by atoms with van der Waals surface area (Å²) in [7, 11) is 0. The molecule has 4 atom stereocenters. The predicted molar refractivity (Wildman–Crippen MR) is 64.7 cm³/mol. The van der Waals surface area contributed by atoms with Crippen molar-refractivity contribution in [1.82, 2.24) is 0 Å². The monoisotopic (exact) mass is 206 g/mol. The third-order valence-corrected chi connectivity index (χ3v) is 5.87. The second-order valence-corrected chi connectivity index (χ2v) is 6.30. The van der Waals surface area contributed by atoms with Gasteiger partial charge in [-0.25, -0.2) is 0 Å². The van der Waals surface area contributed by atoms with Gasteiger partial charge in [-0.2, -0.15) is 0 Å². The lowest BCUT2D eigenvalue weighted by Gasteiger charge is -2.32. The number of hydrogen-bond donors (Lipinski definition) is 0. The van der Waals surface area contributed by atoms with E-state index in [9.17, 15) is 0 Å². The van der Waals surface area contributed by atoms with Crippen LogP contribution in [-0.2, 0) is 0 Å². The molecule has 3 aliphatic carbocycles. The van der Waals surface area contributed by atoms with Crippen LogP contribution in [0.2, 0.25) is 0 Å². The van der Waals surface area contributed by atoms with Gasteiger partial charge in [-0.05, 0) is 55.3 Å². The van der Waals surface area contributed by atoms with E-state index in [1.165, 1.54) is 19.3 Å². The van der Waals surface area contributed by atoms with Crippen molar-refractivity contribution >= 4 is 0 Å². The third kappa shape index (κ3) is 1.56. The first kappa shape index (κ1) is 10.2. The quantitative estimate of drug-likeness (QED) is 0.586. The molecule has 3 fully saturated rings. The molecule has 0 saturated heterocycles. The number of rotatable bonds is 1. The fourth-order valence-electron chi connectivity index (χ4n) is 5.43. The minimum Gasteiger partial charge on any atom is -0.0651 e. The van der Waals surface area contributed by atoms with E-state index in [0.29, 0.717) is 0 Å². The summed E-state index contributed by atoms with van der Waals surface area (Å²) in [6.07, 6.45) is 14.0. The van der Waals surface area contributed by atoms with Crippen LogP contribution in [0.3, 0.4) is 0 Å². The van der Waals surface area contributed by atoms with Gasteiger partial charge in [-0.15, -0.1) is 0 Å². The van der Waals surface area contributed by atoms with Crippen molar-refractivity contribution in [3.05, 3.63) is 0 Å². The van der Waals surface area contributed by atoms with Gasteiger partial charge in [0.15, 0.2) is 0 Å².